The standard InChI is InChI=1S/C22H32FN3O2/c1-25-14-18(22(27)24-20-4-2-19(23)3-5-20)12-21(25)17-6-9-26(10-7-17)13-16-8-11-28-15-16/h2-5,16-18,21H,6-15H2,1H3,(H,24,27). The van der Waals surface area contributed by atoms with Crippen LogP contribution in [0.15, 0.2) is 24.3 Å². The topological polar surface area (TPSA) is 44.8 Å². The molecule has 28 heavy (non-hydrogen) atoms. The Kier molecular flexibility index (Phi) is 6.28. The molecule has 3 atom stereocenters. The van der Waals surface area contributed by atoms with E-state index in [1.807, 2.05) is 0 Å². The first-order chi connectivity index (χ1) is 13.6. The number of anilines is 1. The van der Waals surface area contributed by atoms with Gasteiger partial charge in [0.2, 0.25) is 5.91 Å². The largest absolute Gasteiger partial charge is 0.381 e. The molecule has 5 nitrogen and oxygen atoms in total. The Labute approximate surface area is 167 Å². The van der Waals surface area contributed by atoms with Crippen LogP contribution in [-0.2, 0) is 9.53 Å². The van der Waals surface area contributed by atoms with Crippen LogP contribution in [0.1, 0.15) is 25.7 Å². The molecular formula is C22H32FN3O2. The smallest absolute Gasteiger partial charge is 0.228 e. The van der Waals surface area contributed by atoms with Crippen LogP contribution >= 0.6 is 0 Å². The summed E-state index contributed by atoms with van der Waals surface area (Å²) >= 11 is 0. The SMILES string of the molecule is CN1CC(C(=O)Nc2ccc(F)cc2)CC1C1CCN(CC2CCOC2)CC1. The first-order valence-electron chi connectivity index (χ1n) is 10.7. The van der Waals surface area contributed by atoms with Gasteiger partial charge in [0.05, 0.1) is 12.5 Å². The number of benzene rings is 1. The lowest BCUT2D eigenvalue weighted by Crippen LogP contribution is -2.43. The minimum absolute atomic E-state index is 0.00807. The summed E-state index contributed by atoms with van der Waals surface area (Å²) in [5, 5.41) is 2.95. The van der Waals surface area contributed by atoms with Gasteiger partial charge in [0.15, 0.2) is 0 Å². The van der Waals surface area contributed by atoms with Crippen molar-refractivity contribution in [1.82, 2.24) is 9.80 Å². The number of nitrogens with zero attached hydrogens (tertiary/aromatic N) is 2. The number of hydrogen-bond donors (Lipinski definition) is 1. The maximum Gasteiger partial charge on any atom is 0.228 e. The molecule has 3 fully saturated rings. The molecule has 3 aliphatic rings. The molecule has 0 aromatic heterocycles. The van der Waals surface area contributed by atoms with Gasteiger partial charge in [-0.3, -0.25) is 4.79 Å². The highest BCUT2D eigenvalue weighted by Gasteiger charge is 2.39. The Balaban J connectivity index is 1.25. The summed E-state index contributed by atoms with van der Waals surface area (Å²) in [6.07, 6.45) is 4.56. The third-order valence-corrected chi connectivity index (χ3v) is 6.80. The van der Waals surface area contributed by atoms with Crippen molar-refractivity contribution in [3.8, 4) is 0 Å². The maximum atomic E-state index is 13.0. The van der Waals surface area contributed by atoms with Crippen LogP contribution in [0.4, 0.5) is 10.1 Å². The quantitative estimate of drug-likeness (QED) is 0.841. The van der Waals surface area contributed by atoms with E-state index in [-0.39, 0.29) is 17.6 Å². The van der Waals surface area contributed by atoms with Gasteiger partial charge in [-0.25, -0.2) is 4.39 Å². The van der Waals surface area contributed by atoms with Gasteiger partial charge in [-0.15, -0.1) is 0 Å². The van der Waals surface area contributed by atoms with Gasteiger partial charge in [0, 0.05) is 31.4 Å². The Bertz CT molecular complexity index is 654. The zero-order valence-corrected chi connectivity index (χ0v) is 16.8. The summed E-state index contributed by atoms with van der Waals surface area (Å²) in [5.41, 5.74) is 0.668. The van der Waals surface area contributed by atoms with Crippen LogP contribution in [0.25, 0.3) is 0 Å². The highest BCUT2D eigenvalue weighted by Crippen LogP contribution is 2.33. The highest BCUT2D eigenvalue weighted by atomic mass is 19.1. The molecule has 3 aliphatic heterocycles. The molecule has 154 valence electrons. The number of ether oxygens (including phenoxy) is 1. The maximum absolute atomic E-state index is 13.0. The molecule has 0 saturated carbocycles. The minimum atomic E-state index is -0.287. The molecule has 0 bridgehead atoms. The molecule has 0 radical (unpaired) electrons. The number of nitrogens with one attached hydrogen (secondary N) is 1. The van der Waals surface area contributed by atoms with Crippen molar-refractivity contribution < 1.29 is 13.9 Å². The third-order valence-electron chi connectivity index (χ3n) is 6.80. The van der Waals surface area contributed by atoms with Crippen LogP contribution < -0.4 is 5.32 Å². The van der Waals surface area contributed by atoms with Crippen molar-refractivity contribution in [2.75, 3.05) is 51.8 Å². The number of rotatable bonds is 5. The molecule has 4 rings (SSSR count). The summed E-state index contributed by atoms with van der Waals surface area (Å²) in [7, 11) is 2.15. The molecule has 1 N–H and O–H groups in total. The Morgan fingerprint density at radius 1 is 1.21 bits per heavy atom. The van der Waals surface area contributed by atoms with Crippen molar-refractivity contribution >= 4 is 11.6 Å². The van der Waals surface area contributed by atoms with E-state index >= 15 is 0 Å². The minimum Gasteiger partial charge on any atom is -0.381 e. The number of piperidine rings is 1. The predicted molar refractivity (Wildman–Crippen MR) is 108 cm³/mol. The van der Waals surface area contributed by atoms with Gasteiger partial charge >= 0.3 is 0 Å². The second kappa shape index (κ2) is 8.89. The number of carbonyl (C=O) groups is 1. The first-order valence-corrected chi connectivity index (χ1v) is 10.7. The second-order valence-electron chi connectivity index (χ2n) is 8.80. The second-order valence-corrected chi connectivity index (χ2v) is 8.80. The van der Waals surface area contributed by atoms with Gasteiger partial charge < -0.3 is 19.9 Å². The molecule has 3 heterocycles. The number of hydrogen-bond acceptors (Lipinski definition) is 4. The summed E-state index contributed by atoms with van der Waals surface area (Å²) in [6, 6.07) is 6.49. The van der Waals surface area contributed by atoms with E-state index in [2.05, 4.69) is 22.2 Å². The molecule has 1 aromatic rings. The normalized spacial score (nSPS) is 30.0. The fourth-order valence-electron chi connectivity index (χ4n) is 5.16. The lowest BCUT2D eigenvalue weighted by atomic mass is 9.86. The highest BCUT2D eigenvalue weighted by molar-refractivity contribution is 5.92. The van der Waals surface area contributed by atoms with E-state index in [1.54, 1.807) is 12.1 Å². The zero-order valence-electron chi connectivity index (χ0n) is 16.8. The first kappa shape index (κ1) is 19.8. The van der Waals surface area contributed by atoms with E-state index in [4.69, 9.17) is 4.74 Å². The van der Waals surface area contributed by atoms with E-state index in [0.29, 0.717) is 23.6 Å². The van der Waals surface area contributed by atoms with Crippen molar-refractivity contribution in [2.24, 2.45) is 17.8 Å². The van der Waals surface area contributed by atoms with E-state index in [0.717, 1.165) is 39.3 Å². The van der Waals surface area contributed by atoms with Crippen LogP contribution in [0.3, 0.4) is 0 Å². The fraction of sp³-hybridized carbons (Fsp3) is 0.682. The zero-order chi connectivity index (χ0) is 19.5. The fourth-order valence-corrected chi connectivity index (χ4v) is 5.16. The average Bonchev–Trinajstić information content (AvgIpc) is 3.34. The summed E-state index contributed by atoms with van der Waals surface area (Å²) in [4.78, 5) is 17.6. The number of likely N-dealkylation sites (tertiary alicyclic amines) is 2. The Morgan fingerprint density at radius 2 is 1.96 bits per heavy atom. The van der Waals surface area contributed by atoms with Crippen LogP contribution in [0.2, 0.25) is 0 Å². The van der Waals surface area contributed by atoms with Gasteiger partial charge in [0.1, 0.15) is 5.82 Å². The van der Waals surface area contributed by atoms with Crippen molar-refractivity contribution in [1.29, 1.82) is 0 Å². The van der Waals surface area contributed by atoms with Crippen molar-refractivity contribution in [3.05, 3.63) is 30.1 Å². The van der Waals surface area contributed by atoms with E-state index in [1.165, 1.54) is 37.9 Å². The molecule has 0 spiro atoms. The molecule has 1 amide bonds. The average molecular weight is 390 g/mol. The molecule has 3 saturated heterocycles. The summed E-state index contributed by atoms with van der Waals surface area (Å²) in [5.74, 6) is 1.16. The lowest BCUT2D eigenvalue weighted by Gasteiger charge is -2.37. The number of carbonyl (C=O) groups excluding carboxylic acids is 1. The van der Waals surface area contributed by atoms with Crippen LogP contribution in [0, 0.1) is 23.6 Å². The van der Waals surface area contributed by atoms with Gasteiger partial charge in [0.25, 0.3) is 0 Å². The van der Waals surface area contributed by atoms with Gasteiger partial charge in [-0.2, -0.15) is 0 Å². The van der Waals surface area contributed by atoms with Crippen molar-refractivity contribution in [3.63, 3.8) is 0 Å². The molecule has 3 unspecified atom stereocenters. The monoisotopic (exact) mass is 389 g/mol. The molecule has 1 aromatic carbocycles. The Hall–Kier alpha value is -1.50. The van der Waals surface area contributed by atoms with Crippen LogP contribution in [-0.4, -0.2) is 68.2 Å². The Morgan fingerprint density at radius 3 is 2.64 bits per heavy atom. The number of amides is 1. The van der Waals surface area contributed by atoms with E-state index < -0.39 is 0 Å². The molecular weight excluding hydrogens is 357 g/mol. The summed E-state index contributed by atoms with van der Waals surface area (Å²) < 4.78 is 18.6. The number of halogens is 1. The van der Waals surface area contributed by atoms with Crippen LogP contribution in [0.5, 0.6) is 0 Å². The third kappa shape index (κ3) is 4.73. The lowest BCUT2D eigenvalue weighted by molar-refractivity contribution is -0.119. The van der Waals surface area contributed by atoms with Gasteiger partial charge in [-0.05, 0) is 81.9 Å². The van der Waals surface area contributed by atoms with Gasteiger partial charge in [-0.1, -0.05) is 0 Å². The van der Waals surface area contributed by atoms with Crippen molar-refractivity contribution in [2.45, 2.75) is 31.7 Å². The van der Waals surface area contributed by atoms with E-state index in [9.17, 15) is 9.18 Å². The molecule has 6 heteroatoms. The molecule has 0 aliphatic carbocycles. The predicted octanol–water partition coefficient (Wildman–Crippen LogP) is 2.83. The summed E-state index contributed by atoms with van der Waals surface area (Å²) in [6.45, 7) is 6.16.